The second-order valence-electron chi connectivity index (χ2n) is 4.33. The van der Waals surface area contributed by atoms with Crippen molar-refractivity contribution in [3.05, 3.63) is 67.3 Å². The second kappa shape index (κ2) is 7.03. The Morgan fingerprint density at radius 3 is 2.65 bits per heavy atom. The molecule has 0 aromatic heterocycles. The molecule has 1 unspecified atom stereocenters. The maximum absolute atomic E-state index is 14.2. The van der Waals surface area contributed by atoms with Crippen molar-refractivity contribution < 1.29 is 4.39 Å². The number of hydrogen-bond donors (Lipinski definition) is 1. The molecule has 0 radical (unpaired) electrons. The van der Waals surface area contributed by atoms with E-state index < -0.39 is 0 Å². The third kappa shape index (κ3) is 3.61. The third-order valence-corrected chi connectivity index (χ3v) is 4.63. The van der Waals surface area contributed by atoms with Crippen LogP contribution in [0.1, 0.15) is 24.1 Å². The second-order valence-corrected chi connectivity index (χ2v) is 6.51. The topological polar surface area (TPSA) is 12.0 Å². The van der Waals surface area contributed by atoms with Gasteiger partial charge in [-0.2, -0.15) is 0 Å². The first-order chi connectivity index (χ1) is 9.52. The molecule has 1 atom stereocenters. The van der Waals surface area contributed by atoms with Gasteiger partial charge >= 0.3 is 0 Å². The molecule has 0 aliphatic rings. The molecule has 20 heavy (non-hydrogen) atoms. The zero-order chi connectivity index (χ0) is 14.7. The molecule has 106 valence electrons. The van der Waals surface area contributed by atoms with Crippen LogP contribution in [0.4, 0.5) is 4.39 Å². The largest absolute Gasteiger partial charge is 0.306 e. The van der Waals surface area contributed by atoms with E-state index in [0.29, 0.717) is 15.1 Å². The van der Waals surface area contributed by atoms with Gasteiger partial charge < -0.3 is 5.32 Å². The monoisotopic (exact) mass is 419 g/mol. The van der Waals surface area contributed by atoms with E-state index in [-0.39, 0.29) is 11.9 Å². The fraction of sp³-hybridized carbons (Fsp3) is 0.200. The maximum atomic E-state index is 14.2. The smallest absolute Gasteiger partial charge is 0.129 e. The SMILES string of the molecule is CCNC(c1cccc(Br)c1)c1cc(Cl)c(Br)cc1F. The van der Waals surface area contributed by atoms with Gasteiger partial charge in [0.25, 0.3) is 0 Å². The van der Waals surface area contributed by atoms with Gasteiger partial charge in [0.2, 0.25) is 0 Å². The Balaban J connectivity index is 2.51. The van der Waals surface area contributed by atoms with Crippen molar-refractivity contribution in [2.75, 3.05) is 6.54 Å². The van der Waals surface area contributed by atoms with Crippen LogP contribution in [0.15, 0.2) is 45.3 Å². The van der Waals surface area contributed by atoms with Crippen molar-refractivity contribution in [2.45, 2.75) is 13.0 Å². The van der Waals surface area contributed by atoms with Gasteiger partial charge in [-0.05, 0) is 52.3 Å². The molecule has 0 saturated heterocycles. The summed E-state index contributed by atoms with van der Waals surface area (Å²) in [7, 11) is 0. The lowest BCUT2D eigenvalue weighted by Crippen LogP contribution is -2.23. The van der Waals surface area contributed by atoms with Gasteiger partial charge in [-0.25, -0.2) is 4.39 Å². The molecule has 0 spiro atoms. The standard InChI is InChI=1S/C15H13Br2ClFN/c1-2-20-15(9-4-3-5-10(16)6-9)11-7-13(18)12(17)8-14(11)19/h3-8,15,20H,2H2,1H3. The Kier molecular flexibility index (Phi) is 5.61. The molecule has 2 rings (SSSR count). The molecular weight excluding hydrogens is 408 g/mol. The van der Waals surface area contributed by atoms with Crippen LogP contribution in [0.3, 0.4) is 0 Å². The van der Waals surface area contributed by atoms with Crippen molar-refractivity contribution in [2.24, 2.45) is 0 Å². The van der Waals surface area contributed by atoms with Gasteiger partial charge in [0.1, 0.15) is 5.82 Å². The van der Waals surface area contributed by atoms with Crippen molar-refractivity contribution in [1.29, 1.82) is 0 Å². The van der Waals surface area contributed by atoms with Crippen LogP contribution >= 0.6 is 43.5 Å². The number of rotatable bonds is 4. The first kappa shape index (κ1) is 16.0. The highest BCUT2D eigenvalue weighted by atomic mass is 79.9. The van der Waals surface area contributed by atoms with Crippen LogP contribution < -0.4 is 5.32 Å². The third-order valence-electron chi connectivity index (χ3n) is 2.94. The summed E-state index contributed by atoms with van der Waals surface area (Å²) in [6.07, 6.45) is 0. The van der Waals surface area contributed by atoms with Crippen LogP contribution in [0.25, 0.3) is 0 Å². The van der Waals surface area contributed by atoms with E-state index in [4.69, 9.17) is 11.6 Å². The Labute approximate surface area is 139 Å². The maximum Gasteiger partial charge on any atom is 0.129 e. The van der Waals surface area contributed by atoms with Gasteiger partial charge in [-0.3, -0.25) is 0 Å². The minimum absolute atomic E-state index is 0.233. The van der Waals surface area contributed by atoms with Gasteiger partial charge in [0.15, 0.2) is 0 Å². The highest BCUT2D eigenvalue weighted by Gasteiger charge is 2.19. The predicted octanol–water partition coefficient (Wildman–Crippen LogP) is 5.70. The van der Waals surface area contributed by atoms with Crippen molar-refractivity contribution in [1.82, 2.24) is 5.32 Å². The van der Waals surface area contributed by atoms with Crippen molar-refractivity contribution in [3.63, 3.8) is 0 Å². The molecule has 5 heteroatoms. The number of halogens is 4. The molecule has 0 aliphatic heterocycles. The lowest BCUT2D eigenvalue weighted by molar-refractivity contribution is 0.558. The summed E-state index contributed by atoms with van der Waals surface area (Å²) in [6.45, 7) is 2.72. The van der Waals surface area contributed by atoms with Crippen LogP contribution in [0.5, 0.6) is 0 Å². The van der Waals surface area contributed by atoms with E-state index in [1.165, 1.54) is 6.07 Å². The van der Waals surface area contributed by atoms with Crippen molar-refractivity contribution >= 4 is 43.5 Å². The molecule has 0 bridgehead atoms. The van der Waals surface area contributed by atoms with Gasteiger partial charge in [-0.1, -0.05) is 46.6 Å². The Morgan fingerprint density at radius 1 is 1.25 bits per heavy atom. The van der Waals surface area contributed by atoms with Gasteiger partial charge in [0, 0.05) is 14.5 Å². The van der Waals surface area contributed by atoms with E-state index in [1.54, 1.807) is 6.07 Å². The highest BCUT2D eigenvalue weighted by molar-refractivity contribution is 9.10. The molecule has 0 fully saturated rings. The van der Waals surface area contributed by atoms with E-state index >= 15 is 0 Å². The Bertz CT molecular complexity index is 619. The van der Waals surface area contributed by atoms with Crippen LogP contribution in [-0.2, 0) is 0 Å². The number of hydrogen-bond acceptors (Lipinski definition) is 1. The molecule has 0 saturated carbocycles. The van der Waals surface area contributed by atoms with Crippen LogP contribution in [-0.4, -0.2) is 6.54 Å². The Hall–Kier alpha value is -0.420. The molecule has 1 N–H and O–H groups in total. The number of benzene rings is 2. The van der Waals surface area contributed by atoms with Crippen LogP contribution in [0.2, 0.25) is 5.02 Å². The summed E-state index contributed by atoms with van der Waals surface area (Å²) in [5.74, 6) is -0.285. The summed E-state index contributed by atoms with van der Waals surface area (Å²) in [4.78, 5) is 0. The fourth-order valence-corrected chi connectivity index (χ4v) is 2.96. The zero-order valence-corrected chi connectivity index (χ0v) is 14.7. The minimum atomic E-state index is -0.285. The summed E-state index contributed by atoms with van der Waals surface area (Å²) in [5, 5.41) is 3.79. The molecule has 0 amide bonds. The normalized spacial score (nSPS) is 12.4. The van der Waals surface area contributed by atoms with Gasteiger partial charge in [0.05, 0.1) is 11.1 Å². The molecule has 2 aromatic rings. The molecule has 2 aromatic carbocycles. The highest BCUT2D eigenvalue weighted by Crippen LogP contribution is 2.32. The van der Waals surface area contributed by atoms with E-state index in [2.05, 4.69) is 37.2 Å². The minimum Gasteiger partial charge on any atom is -0.306 e. The van der Waals surface area contributed by atoms with Gasteiger partial charge in [-0.15, -0.1) is 0 Å². The quantitative estimate of drug-likeness (QED) is 0.624. The molecule has 0 heterocycles. The van der Waals surface area contributed by atoms with E-state index in [9.17, 15) is 4.39 Å². The first-order valence-corrected chi connectivity index (χ1v) is 8.12. The molecule has 1 nitrogen and oxygen atoms in total. The zero-order valence-electron chi connectivity index (χ0n) is 10.8. The molecular formula is C15H13Br2ClFN. The van der Waals surface area contributed by atoms with Crippen molar-refractivity contribution in [3.8, 4) is 0 Å². The number of nitrogens with one attached hydrogen (secondary N) is 1. The Morgan fingerprint density at radius 2 is 2.00 bits per heavy atom. The first-order valence-electron chi connectivity index (χ1n) is 6.16. The average Bonchev–Trinajstić information content (AvgIpc) is 2.40. The fourth-order valence-electron chi connectivity index (χ4n) is 2.06. The summed E-state index contributed by atoms with van der Waals surface area (Å²) in [5.41, 5.74) is 1.52. The predicted molar refractivity (Wildman–Crippen MR) is 88.8 cm³/mol. The summed E-state index contributed by atoms with van der Waals surface area (Å²) in [6, 6.07) is 10.6. The summed E-state index contributed by atoms with van der Waals surface area (Å²) >= 11 is 12.8. The molecule has 0 aliphatic carbocycles. The average molecular weight is 422 g/mol. The summed E-state index contributed by atoms with van der Waals surface area (Å²) < 4.78 is 15.8. The van der Waals surface area contributed by atoms with E-state index in [0.717, 1.165) is 16.6 Å². The van der Waals surface area contributed by atoms with Crippen LogP contribution in [0, 0.1) is 5.82 Å². The lowest BCUT2D eigenvalue weighted by atomic mass is 9.98. The lowest BCUT2D eigenvalue weighted by Gasteiger charge is -2.20. The van der Waals surface area contributed by atoms with E-state index in [1.807, 2.05) is 31.2 Å².